The Morgan fingerprint density at radius 3 is 2.59 bits per heavy atom. The molecule has 2 heterocycles. The molecule has 7 heteroatoms. The van der Waals surface area contributed by atoms with E-state index >= 15 is 0 Å². The number of anilines is 1. The van der Waals surface area contributed by atoms with Gasteiger partial charge in [0.25, 0.3) is 5.91 Å². The quantitative estimate of drug-likeness (QED) is 0.480. The van der Waals surface area contributed by atoms with Gasteiger partial charge in [0.1, 0.15) is 11.4 Å². The normalized spacial score (nSPS) is 18.5. The molecular formula is C25H27N5O2. The van der Waals surface area contributed by atoms with Gasteiger partial charge in [-0.2, -0.15) is 5.10 Å². The second kappa shape index (κ2) is 7.58. The van der Waals surface area contributed by atoms with Crippen molar-refractivity contribution in [3.63, 3.8) is 0 Å². The third kappa shape index (κ3) is 3.68. The van der Waals surface area contributed by atoms with Gasteiger partial charge < -0.3 is 10.1 Å². The molecule has 4 aromatic rings. The number of rotatable bonds is 4. The molecule has 2 aromatic carbocycles. The zero-order chi connectivity index (χ0) is 22.5. The van der Waals surface area contributed by atoms with Gasteiger partial charge in [0.05, 0.1) is 41.6 Å². The van der Waals surface area contributed by atoms with Crippen molar-refractivity contribution in [2.45, 2.75) is 39.7 Å². The standard InChI is InChI=1S/C25H27N5O2/c1-25(2,3)16-10-17(11-16)30-14-15-9-21(23(32-4)12-20(15)29-30)28-24(31)22-13-26-18-7-5-6-8-19(18)27-22/h5-9,12-14,16-17H,10-11H2,1-4H3,(H,28,31). The van der Waals surface area contributed by atoms with Crippen molar-refractivity contribution in [2.24, 2.45) is 11.3 Å². The molecule has 0 bridgehead atoms. The van der Waals surface area contributed by atoms with Gasteiger partial charge in [-0.05, 0) is 42.4 Å². The van der Waals surface area contributed by atoms with Crippen LogP contribution in [0.1, 0.15) is 50.1 Å². The van der Waals surface area contributed by atoms with Gasteiger partial charge in [0.15, 0.2) is 0 Å². The molecule has 0 unspecified atom stereocenters. The molecule has 1 N–H and O–H groups in total. The number of hydrogen-bond acceptors (Lipinski definition) is 5. The summed E-state index contributed by atoms with van der Waals surface area (Å²) in [5, 5.41) is 8.66. The molecule has 1 amide bonds. The Labute approximate surface area is 186 Å². The highest BCUT2D eigenvalue weighted by atomic mass is 16.5. The van der Waals surface area contributed by atoms with Gasteiger partial charge in [-0.15, -0.1) is 0 Å². The van der Waals surface area contributed by atoms with Crippen LogP contribution in [-0.4, -0.2) is 32.8 Å². The summed E-state index contributed by atoms with van der Waals surface area (Å²) in [5.74, 6) is 0.943. The predicted octanol–water partition coefficient (Wildman–Crippen LogP) is 5.24. The minimum absolute atomic E-state index is 0.254. The number of nitrogens with one attached hydrogen (secondary N) is 1. The minimum Gasteiger partial charge on any atom is -0.494 e. The van der Waals surface area contributed by atoms with E-state index < -0.39 is 0 Å². The largest absolute Gasteiger partial charge is 0.494 e. The van der Waals surface area contributed by atoms with Crippen LogP contribution in [0.4, 0.5) is 5.69 Å². The first-order chi connectivity index (χ1) is 15.3. The highest BCUT2D eigenvalue weighted by Crippen LogP contribution is 2.47. The van der Waals surface area contributed by atoms with Crippen LogP contribution in [-0.2, 0) is 0 Å². The second-order valence-electron chi connectivity index (χ2n) is 9.61. The molecule has 32 heavy (non-hydrogen) atoms. The molecule has 0 saturated heterocycles. The lowest BCUT2D eigenvalue weighted by Crippen LogP contribution is -2.35. The first-order valence-electron chi connectivity index (χ1n) is 10.9. The number of para-hydroxylation sites is 2. The van der Waals surface area contributed by atoms with Crippen molar-refractivity contribution in [1.82, 2.24) is 19.7 Å². The minimum atomic E-state index is -0.333. The lowest BCUT2D eigenvalue weighted by molar-refractivity contribution is 0.0757. The van der Waals surface area contributed by atoms with Crippen LogP contribution in [0.5, 0.6) is 5.75 Å². The maximum Gasteiger partial charge on any atom is 0.275 e. The summed E-state index contributed by atoms with van der Waals surface area (Å²) in [7, 11) is 1.59. The molecular weight excluding hydrogens is 402 g/mol. The van der Waals surface area contributed by atoms with E-state index in [1.807, 2.05) is 36.4 Å². The van der Waals surface area contributed by atoms with E-state index in [1.165, 1.54) is 6.20 Å². The molecule has 1 fully saturated rings. The highest BCUT2D eigenvalue weighted by molar-refractivity contribution is 6.05. The number of nitrogens with zero attached hydrogens (tertiary/aromatic N) is 4. The molecule has 164 valence electrons. The van der Waals surface area contributed by atoms with Crippen molar-refractivity contribution in [3.05, 3.63) is 54.5 Å². The second-order valence-corrected chi connectivity index (χ2v) is 9.61. The number of hydrogen-bond donors (Lipinski definition) is 1. The number of methoxy groups -OCH3 is 1. The first-order valence-corrected chi connectivity index (χ1v) is 10.9. The van der Waals surface area contributed by atoms with Crippen LogP contribution >= 0.6 is 0 Å². The Morgan fingerprint density at radius 1 is 1.12 bits per heavy atom. The summed E-state index contributed by atoms with van der Waals surface area (Å²) >= 11 is 0. The number of benzene rings is 2. The summed E-state index contributed by atoms with van der Waals surface area (Å²) in [6.07, 6.45) is 5.82. The van der Waals surface area contributed by atoms with E-state index in [-0.39, 0.29) is 11.6 Å². The fraction of sp³-hybridized carbons (Fsp3) is 0.360. The Hall–Kier alpha value is -3.48. The van der Waals surface area contributed by atoms with Gasteiger partial charge in [0.2, 0.25) is 0 Å². The summed E-state index contributed by atoms with van der Waals surface area (Å²) in [4.78, 5) is 21.6. The number of aromatic nitrogens is 4. The number of amides is 1. The zero-order valence-corrected chi connectivity index (χ0v) is 18.8. The van der Waals surface area contributed by atoms with Gasteiger partial charge in [-0.1, -0.05) is 32.9 Å². The number of carbonyl (C=O) groups excluding carboxylic acids is 1. The summed E-state index contributed by atoms with van der Waals surface area (Å²) < 4.78 is 7.59. The SMILES string of the molecule is COc1cc2nn(C3CC(C(C)(C)C)C3)cc2cc1NC(=O)c1cnc2ccccc2n1. The number of ether oxygens (including phenoxy) is 1. The highest BCUT2D eigenvalue weighted by Gasteiger charge is 2.38. The zero-order valence-electron chi connectivity index (χ0n) is 18.8. The molecule has 0 atom stereocenters. The Balaban J connectivity index is 1.40. The van der Waals surface area contributed by atoms with Gasteiger partial charge in [0, 0.05) is 17.6 Å². The Morgan fingerprint density at radius 2 is 1.88 bits per heavy atom. The lowest BCUT2D eigenvalue weighted by Gasteiger charge is -2.43. The third-order valence-electron chi connectivity index (χ3n) is 6.48. The van der Waals surface area contributed by atoms with Crippen molar-refractivity contribution >= 4 is 33.5 Å². The third-order valence-corrected chi connectivity index (χ3v) is 6.48. The van der Waals surface area contributed by atoms with Gasteiger partial charge in [-0.3, -0.25) is 14.5 Å². The molecule has 5 rings (SSSR count). The maximum atomic E-state index is 12.9. The first kappa shape index (κ1) is 20.4. The van der Waals surface area contributed by atoms with Crippen molar-refractivity contribution in [3.8, 4) is 5.75 Å². The van der Waals surface area contributed by atoms with Crippen molar-refractivity contribution < 1.29 is 9.53 Å². The fourth-order valence-electron chi connectivity index (χ4n) is 4.29. The van der Waals surface area contributed by atoms with E-state index in [0.29, 0.717) is 34.3 Å². The van der Waals surface area contributed by atoms with E-state index in [9.17, 15) is 4.79 Å². The average Bonchev–Trinajstić information content (AvgIpc) is 3.12. The Bertz CT molecular complexity index is 1320. The molecule has 1 aliphatic carbocycles. The van der Waals surface area contributed by atoms with E-state index in [1.54, 1.807) is 7.11 Å². The topological polar surface area (TPSA) is 81.9 Å². The smallest absolute Gasteiger partial charge is 0.275 e. The van der Waals surface area contributed by atoms with E-state index in [4.69, 9.17) is 9.84 Å². The number of carbonyl (C=O) groups is 1. The van der Waals surface area contributed by atoms with Crippen LogP contribution < -0.4 is 10.1 Å². The van der Waals surface area contributed by atoms with Crippen LogP contribution in [0.15, 0.2) is 48.8 Å². The van der Waals surface area contributed by atoms with Crippen molar-refractivity contribution in [1.29, 1.82) is 0 Å². The summed E-state index contributed by atoms with van der Waals surface area (Å²) in [6.45, 7) is 6.90. The summed E-state index contributed by atoms with van der Waals surface area (Å²) in [6, 6.07) is 11.7. The maximum absolute atomic E-state index is 12.9. The molecule has 1 aliphatic rings. The average molecular weight is 430 g/mol. The lowest BCUT2D eigenvalue weighted by atomic mass is 9.66. The monoisotopic (exact) mass is 429 g/mol. The van der Waals surface area contributed by atoms with Crippen LogP contribution in [0.25, 0.3) is 21.9 Å². The van der Waals surface area contributed by atoms with Crippen LogP contribution in [0.2, 0.25) is 0 Å². The van der Waals surface area contributed by atoms with Crippen LogP contribution in [0, 0.1) is 11.3 Å². The molecule has 1 saturated carbocycles. The Kier molecular flexibility index (Phi) is 4.84. The molecule has 7 nitrogen and oxygen atoms in total. The fourth-order valence-corrected chi connectivity index (χ4v) is 4.29. The van der Waals surface area contributed by atoms with Gasteiger partial charge in [-0.25, -0.2) is 4.98 Å². The van der Waals surface area contributed by atoms with E-state index in [0.717, 1.165) is 29.3 Å². The van der Waals surface area contributed by atoms with Gasteiger partial charge >= 0.3 is 0 Å². The molecule has 0 spiro atoms. The number of fused-ring (bicyclic) bond motifs is 2. The predicted molar refractivity (Wildman–Crippen MR) is 125 cm³/mol. The van der Waals surface area contributed by atoms with Crippen LogP contribution in [0.3, 0.4) is 0 Å². The van der Waals surface area contributed by atoms with E-state index in [2.05, 4.69) is 46.9 Å². The molecule has 2 aromatic heterocycles. The molecule has 0 radical (unpaired) electrons. The van der Waals surface area contributed by atoms with Crippen molar-refractivity contribution in [2.75, 3.05) is 12.4 Å². The summed E-state index contributed by atoms with van der Waals surface area (Å²) in [5.41, 5.74) is 3.45. The molecule has 0 aliphatic heterocycles.